The Bertz CT molecular complexity index is 657. The molecule has 0 bridgehead atoms. The Hall–Kier alpha value is -1.85. The van der Waals surface area contributed by atoms with Crippen molar-refractivity contribution in [2.24, 2.45) is 0 Å². The normalized spacial score (nSPS) is 16.4. The summed E-state index contributed by atoms with van der Waals surface area (Å²) in [5.74, 6) is 0.171. The molecule has 2 heterocycles. The number of hydrogen-bond acceptors (Lipinski definition) is 3. The minimum absolute atomic E-state index is 0.171. The SMILES string of the molecule is Cc1cn(CC(=O)N2CCN(CCO)CC2)c2ccccc12. The Morgan fingerprint density at radius 3 is 2.64 bits per heavy atom. The second-order valence-electron chi connectivity index (χ2n) is 5.90. The van der Waals surface area contributed by atoms with Crippen LogP contribution < -0.4 is 0 Å². The number of piperazine rings is 1. The summed E-state index contributed by atoms with van der Waals surface area (Å²) in [4.78, 5) is 16.6. The summed E-state index contributed by atoms with van der Waals surface area (Å²) in [6.45, 7) is 6.54. The number of rotatable bonds is 4. The number of amides is 1. The van der Waals surface area contributed by atoms with Crippen molar-refractivity contribution < 1.29 is 9.90 Å². The molecule has 5 nitrogen and oxygen atoms in total. The van der Waals surface area contributed by atoms with Crippen molar-refractivity contribution in [3.05, 3.63) is 36.0 Å². The highest BCUT2D eigenvalue weighted by molar-refractivity contribution is 5.86. The zero-order valence-corrected chi connectivity index (χ0v) is 13.0. The van der Waals surface area contributed by atoms with E-state index in [1.807, 2.05) is 21.6 Å². The molecular weight excluding hydrogens is 278 g/mol. The molecule has 1 fully saturated rings. The lowest BCUT2D eigenvalue weighted by molar-refractivity contribution is -0.133. The molecule has 1 aromatic carbocycles. The zero-order valence-electron chi connectivity index (χ0n) is 13.0. The molecule has 1 aliphatic rings. The molecule has 22 heavy (non-hydrogen) atoms. The van der Waals surface area contributed by atoms with Gasteiger partial charge in [0.05, 0.1) is 6.61 Å². The molecule has 0 aliphatic carbocycles. The van der Waals surface area contributed by atoms with E-state index in [-0.39, 0.29) is 12.5 Å². The predicted molar refractivity (Wildman–Crippen MR) is 86.8 cm³/mol. The van der Waals surface area contributed by atoms with Crippen LogP contribution in [0.3, 0.4) is 0 Å². The monoisotopic (exact) mass is 301 g/mol. The number of fused-ring (bicyclic) bond motifs is 1. The van der Waals surface area contributed by atoms with Gasteiger partial charge >= 0.3 is 0 Å². The molecular formula is C17H23N3O2. The summed E-state index contributed by atoms with van der Waals surface area (Å²) in [5.41, 5.74) is 2.32. The number of nitrogens with zero attached hydrogens (tertiary/aromatic N) is 3. The average molecular weight is 301 g/mol. The average Bonchev–Trinajstić information content (AvgIpc) is 2.85. The van der Waals surface area contributed by atoms with Crippen LogP contribution in [0.4, 0.5) is 0 Å². The van der Waals surface area contributed by atoms with Crippen molar-refractivity contribution in [1.82, 2.24) is 14.4 Å². The van der Waals surface area contributed by atoms with Gasteiger partial charge in [-0.05, 0) is 18.6 Å². The highest BCUT2D eigenvalue weighted by atomic mass is 16.3. The molecule has 3 rings (SSSR count). The minimum Gasteiger partial charge on any atom is -0.395 e. The second-order valence-corrected chi connectivity index (χ2v) is 5.90. The fourth-order valence-corrected chi connectivity index (χ4v) is 3.17. The van der Waals surface area contributed by atoms with Crippen molar-refractivity contribution >= 4 is 16.8 Å². The van der Waals surface area contributed by atoms with Crippen molar-refractivity contribution in [1.29, 1.82) is 0 Å². The molecule has 5 heteroatoms. The number of β-amino-alcohol motifs (C(OH)–C–C–N with tert-alkyl or cyclic N) is 1. The Morgan fingerprint density at radius 1 is 1.18 bits per heavy atom. The largest absolute Gasteiger partial charge is 0.395 e. The number of aryl methyl sites for hydroxylation is 1. The van der Waals surface area contributed by atoms with Crippen LogP contribution in [0.2, 0.25) is 0 Å². The van der Waals surface area contributed by atoms with Gasteiger partial charge in [0.15, 0.2) is 0 Å². The lowest BCUT2D eigenvalue weighted by Crippen LogP contribution is -2.50. The van der Waals surface area contributed by atoms with Gasteiger partial charge in [-0.2, -0.15) is 0 Å². The number of para-hydroxylation sites is 1. The smallest absolute Gasteiger partial charge is 0.242 e. The Labute approximate surface area is 130 Å². The maximum atomic E-state index is 12.5. The molecule has 0 atom stereocenters. The van der Waals surface area contributed by atoms with Gasteiger partial charge in [-0.25, -0.2) is 0 Å². The third-order valence-electron chi connectivity index (χ3n) is 4.43. The summed E-state index contributed by atoms with van der Waals surface area (Å²) in [7, 11) is 0. The molecule has 1 N–H and O–H groups in total. The van der Waals surface area contributed by atoms with Crippen LogP contribution in [0.25, 0.3) is 10.9 Å². The standard InChI is InChI=1S/C17H23N3O2/c1-14-12-20(16-5-3-2-4-15(14)16)13-17(22)19-8-6-18(7-9-19)10-11-21/h2-5,12,21H,6-11,13H2,1H3. The van der Waals surface area contributed by atoms with Crippen LogP contribution in [-0.4, -0.2) is 64.7 Å². The van der Waals surface area contributed by atoms with E-state index in [4.69, 9.17) is 5.11 Å². The van der Waals surface area contributed by atoms with Gasteiger partial charge in [0.2, 0.25) is 5.91 Å². The molecule has 0 radical (unpaired) electrons. The van der Waals surface area contributed by atoms with Crippen molar-refractivity contribution in [2.45, 2.75) is 13.5 Å². The first-order valence-electron chi connectivity index (χ1n) is 7.84. The minimum atomic E-state index is 0.171. The van der Waals surface area contributed by atoms with Gasteiger partial charge in [0.25, 0.3) is 0 Å². The third kappa shape index (κ3) is 3.00. The highest BCUT2D eigenvalue weighted by Crippen LogP contribution is 2.20. The van der Waals surface area contributed by atoms with Gasteiger partial charge in [-0.1, -0.05) is 18.2 Å². The molecule has 2 aromatic rings. The molecule has 0 unspecified atom stereocenters. The lowest BCUT2D eigenvalue weighted by Gasteiger charge is -2.34. The fraction of sp³-hybridized carbons (Fsp3) is 0.471. The van der Waals surface area contributed by atoms with E-state index < -0.39 is 0 Å². The lowest BCUT2D eigenvalue weighted by atomic mass is 10.2. The van der Waals surface area contributed by atoms with E-state index in [2.05, 4.69) is 30.2 Å². The topological polar surface area (TPSA) is 48.7 Å². The number of aliphatic hydroxyl groups is 1. The van der Waals surface area contributed by atoms with Crippen LogP contribution in [-0.2, 0) is 11.3 Å². The Balaban J connectivity index is 1.67. The maximum absolute atomic E-state index is 12.5. The summed E-state index contributed by atoms with van der Waals surface area (Å²) in [6, 6.07) is 8.20. The Morgan fingerprint density at radius 2 is 1.91 bits per heavy atom. The molecule has 0 saturated carbocycles. The quantitative estimate of drug-likeness (QED) is 0.919. The van der Waals surface area contributed by atoms with Gasteiger partial charge in [0.1, 0.15) is 6.54 Å². The highest BCUT2D eigenvalue weighted by Gasteiger charge is 2.21. The predicted octanol–water partition coefficient (Wildman–Crippen LogP) is 1.09. The molecule has 1 aliphatic heterocycles. The van der Waals surface area contributed by atoms with Crippen molar-refractivity contribution in [3.63, 3.8) is 0 Å². The van der Waals surface area contributed by atoms with E-state index in [9.17, 15) is 4.79 Å². The van der Waals surface area contributed by atoms with Crippen LogP contribution in [0, 0.1) is 6.92 Å². The first-order valence-corrected chi connectivity index (χ1v) is 7.84. The van der Waals surface area contributed by atoms with Crippen molar-refractivity contribution in [2.75, 3.05) is 39.3 Å². The molecule has 1 aromatic heterocycles. The summed E-state index contributed by atoms with van der Waals surface area (Å²) in [5, 5.41) is 10.2. The maximum Gasteiger partial charge on any atom is 0.242 e. The van der Waals surface area contributed by atoms with Crippen molar-refractivity contribution in [3.8, 4) is 0 Å². The molecule has 118 valence electrons. The first-order chi connectivity index (χ1) is 10.7. The van der Waals surface area contributed by atoms with E-state index in [1.54, 1.807) is 0 Å². The van der Waals surface area contributed by atoms with E-state index in [0.717, 1.165) is 31.7 Å². The van der Waals surface area contributed by atoms with Gasteiger partial charge in [-0.3, -0.25) is 9.69 Å². The van der Waals surface area contributed by atoms with Gasteiger partial charge in [0, 0.05) is 49.8 Å². The van der Waals surface area contributed by atoms with E-state index >= 15 is 0 Å². The number of carbonyl (C=O) groups is 1. The third-order valence-corrected chi connectivity index (χ3v) is 4.43. The van der Waals surface area contributed by atoms with Crippen LogP contribution >= 0.6 is 0 Å². The second kappa shape index (κ2) is 6.50. The van der Waals surface area contributed by atoms with Crippen LogP contribution in [0.15, 0.2) is 30.5 Å². The summed E-state index contributed by atoms with van der Waals surface area (Å²) in [6.07, 6.45) is 2.06. The summed E-state index contributed by atoms with van der Waals surface area (Å²) < 4.78 is 2.05. The Kier molecular flexibility index (Phi) is 4.45. The summed E-state index contributed by atoms with van der Waals surface area (Å²) >= 11 is 0. The van der Waals surface area contributed by atoms with Crippen LogP contribution in [0.5, 0.6) is 0 Å². The first kappa shape index (κ1) is 15.1. The molecule has 1 amide bonds. The number of hydrogen-bond donors (Lipinski definition) is 1. The number of carbonyl (C=O) groups excluding carboxylic acids is 1. The van der Waals surface area contributed by atoms with E-state index in [1.165, 1.54) is 10.9 Å². The number of benzene rings is 1. The van der Waals surface area contributed by atoms with Gasteiger partial charge < -0.3 is 14.6 Å². The number of aliphatic hydroxyl groups excluding tert-OH is 1. The fourth-order valence-electron chi connectivity index (χ4n) is 3.17. The zero-order chi connectivity index (χ0) is 15.5. The van der Waals surface area contributed by atoms with Crippen LogP contribution in [0.1, 0.15) is 5.56 Å². The molecule has 1 saturated heterocycles. The van der Waals surface area contributed by atoms with Gasteiger partial charge in [-0.15, -0.1) is 0 Å². The number of aromatic nitrogens is 1. The molecule has 0 spiro atoms. The van der Waals surface area contributed by atoms with E-state index in [0.29, 0.717) is 13.1 Å².